The lowest BCUT2D eigenvalue weighted by Crippen LogP contribution is -2.12. The topological polar surface area (TPSA) is 41.5 Å². The van der Waals surface area contributed by atoms with Crippen molar-refractivity contribution >= 4 is 5.69 Å². The Hall–Kier alpha value is -1.27. The van der Waals surface area contributed by atoms with Gasteiger partial charge in [-0.2, -0.15) is 0 Å². The van der Waals surface area contributed by atoms with Gasteiger partial charge in [0.25, 0.3) is 0 Å². The maximum Gasteiger partial charge on any atom is 0.182 e. The average Bonchev–Trinajstić information content (AvgIpc) is 2.24. The summed E-state index contributed by atoms with van der Waals surface area (Å²) in [6, 6.07) is 1.34. The molecule has 0 saturated carbocycles. The molecular formula is C10H12F3NO2. The Balaban J connectivity index is 2.47. The van der Waals surface area contributed by atoms with Crippen LogP contribution in [-0.4, -0.2) is 31.5 Å². The average molecular weight is 235 g/mol. The van der Waals surface area contributed by atoms with Crippen LogP contribution in [0, 0.1) is 17.5 Å². The molecule has 90 valence electrons. The van der Waals surface area contributed by atoms with Gasteiger partial charge in [0.1, 0.15) is 5.82 Å². The van der Waals surface area contributed by atoms with Crippen molar-refractivity contribution in [3.8, 4) is 0 Å². The van der Waals surface area contributed by atoms with E-state index in [9.17, 15) is 13.2 Å². The summed E-state index contributed by atoms with van der Waals surface area (Å²) in [5.41, 5.74) is -0.245. The van der Waals surface area contributed by atoms with Crippen molar-refractivity contribution in [3.63, 3.8) is 0 Å². The van der Waals surface area contributed by atoms with Gasteiger partial charge in [-0.15, -0.1) is 0 Å². The summed E-state index contributed by atoms with van der Waals surface area (Å²) in [5.74, 6) is -3.21. The first kappa shape index (κ1) is 12.8. The van der Waals surface area contributed by atoms with Crippen molar-refractivity contribution in [1.29, 1.82) is 0 Å². The molecule has 0 unspecified atom stereocenters. The molecule has 1 aromatic rings. The summed E-state index contributed by atoms with van der Waals surface area (Å²) < 4.78 is 43.4. The second-order valence-electron chi connectivity index (χ2n) is 3.01. The Morgan fingerprint density at radius 2 is 1.94 bits per heavy atom. The van der Waals surface area contributed by atoms with Crippen LogP contribution in [0.5, 0.6) is 0 Å². The molecule has 16 heavy (non-hydrogen) atoms. The SMILES string of the molecule is OCCOCCNc1cc(F)cc(F)c1F. The number of ether oxygens (including phenoxy) is 1. The van der Waals surface area contributed by atoms with Gasteiger partial charge in [-0.05, 0) is 0 Å². The Kier molecular flexibility index (Phi) is 5.07. The molecule has 0 saturated heterocycles. The zero-order valence-electron chi connectivity index (χ0n) is 8.47. The zero-order chi connectivity index (χ0) is 12.0. The molecule has 0 fully saturated rings. The second kappa shape index (κ2) is 6.34. The molecule has 3 nitrogen and oxygen atoms in total. The summed E-state index contributed by atoms with van der Waals surface area (Å²) >= 11 is 0. The molecule has 1 rings (SSSR count). The third-order valence-electron chi connectivity index (χ3n) is 1.79. The van der Waals surface area contributed by atoms with E-state index < -0.39 is 17.5 Å². The third-order valence-corrected chi connectivity index (χ3v) is 1.79. The lowest BCUT2D eigenvalue weighted by Gasteiger charge is -2.08. The first-order valence-corrected chi connectivity index (χ1v) is 4.72. The molecule has 1 aromatic carbocycles. The van der Waals surface area contributed by atoms with Gasteiger partial charge in [-0.3, -0.25) is 0 Å². The Morgan fingerprint density at radius 1 is 1.19 bits per heavy atom. The number of aliphatic hydroxyl groups is 1. The third kappa shape index (κ3) is 3.71. The van der Waals surface area contributed by atoms with E-state index in [1.807, 2.05) is 0 Å². The predicted molar refractivity (Wildman–Crippen MR) is 52.7 cm³/mol. The minimum atomic E-state index is -1.24. The normalized spacial score (nSPS) is 10.5. The van der Waals surface area contributed by atoms with Crippen molar-refractivity contribution < 1.29 is 23.0 Å². The molecule has 0 aliphatic rings. The first-order chi connectivity index (χ1) is 7.65. The molecule has 0 bridgehead atoms. The van der Waals surface area contributed by atoms with Crippen molar-refractivity contribution in [2.45, 2.75) is 0 Å². The highest BCUT2D eigenvalue weighted by Crippen LogP contribution is 2.18. The molecular weight excluding hydrogens is 223 g/mol. The van der Waals surface area contributed by atoms with Crippen LogP contribution in [0.3, 0.4) is 0 Å². The van der Waals surface area contributed by atoms with Gasteiger partial charge in [-0.1, -0.05) is 0 Å². The van der Waals surface area contributed by atoms with Crippen LogP contribution in [0.25, 0.3) is 0 Å². The van der Waals surface area contributed by atoms with Gasteiger partial charge in [0, 0.05) is 18.7 Å². The number of benzene rings is 1. The lowest BCUT2D eigenvalue weighted by molar-refractivity contribution is 0.0992. The molecule has 6 heteroatoms. The van der Waals surface area contributed by atoms with Gasteiger partial charge >= 0.3 is 0 Å². The monoisotopic (exact) mass is 235 g/mol. The fraction of sp³-hybridized carbons (Fsp3) is 0.400. The van der Waals surface area contributed by atoms with Gasteiger partial charge in [-0.25, -0.2) is 13.2 Å². The summed E-state index contributed by atoms with van der Waals surface area (Å²) in [4.78, 5) is 0. The lowest BCUT2D eigenvalue weighted by atomic mass is 10.3. The molecule has 0 aliphatic heterocycles. The fourth-order valence-corrected chi connectivity index (χ4v) is 1.11. The number of hydrogen-bond donors (Lipinski definition) is 2. The van der Waals surface area contributed by atoms with Gasteiger partial charge in [0.05, 0.1) is 25.5 Å². The highest BCUT2D eigenvalue weighted by molar-refractivity contribution is 5.45. The van der Waals surface area contributed by atoms with E-state index in [2.05, 4.69) is 5.32 Å². The Morgan fingerprint density at radius 3 is 2.62 bits per heavy atom. The minimum Gasteiger partial charge on any atom is -0.394 e. The van der Waals surface area contributed by atoms with Crippen molar-refractivity contribution in [2.24, 2.45) is 0 Å². The zero-order valence-corrected chi connectivity index (χ0v) is 8.47. The Labute approximate surface area is 90.8 Å². The molecule has 0 atom stereocenters. The van der Waals surface area contributed by atoms with Crippen LogP contribution in [0.2, 0.25) is 0 Å². The Bertz CT molecular complexity index is 347. The predicted octanol–water partition coefficient (Wildman–Crippen LogP) is 1.52. The maximum absolute atomic E-state index is 13.1. The van der Waals surface area contributed by atoms with Crippen LogP contribution in [0.4, 0.5) is 18.9 Å². The minimum absolute atomic E-state index is 0.108. The van der Waals surface area contributed by atoms with Crippen molar-refractivity contribution in [3.05, 3.63) is 29.6 Å². The van der Waals surface area contributed by atoms with Crippen LogP contribution in [0.15, 0.2) is 12.1 Å². The van der Waals surface area contributed by atoms with E-state index in [-0.39, 0.29) is 32.1 Å². The van der Waals surface area contributed by atoms with Crippen LogP contribution in [0.1, 0.15) is 0 Å². The maximum atomic E-state index is 13.1. The molecule has 0 radical (unpaired) electrons. The van der Waals surface area contributed by atoms with Gasteiger partial charge in [0.2, 0.25) is 0 Å². The molecule has 2 N–H and O–H groups in total. The van der Waals surface area contributed by atoms with Gasteiger partial charge in [0.15, 0.2) is 11.6 Å². The number of halogens is 3. The summed E-state index contributed by atoms with van der Waals surface area (Å²) in [6.45, 7) is 0.461. The van der Waals surface area contributed by atoms with Crippen molar-refractivity contribution in [1.82, 2.24) is 0 Å². The highest BCUT2D eigenvalue weighted by Gasteiger charge is 2.10. The van der Waals surface area contributed by atoms with E-state index >= 15 is 0 Å². The molecule has 0 spiro atoms. The highest BCUT2D eigenvalue weighted by atomic mass is 19.2. The molecule has 0 aromatic heterocycles. The second-order valence-corrected chi connectivity index (χ2v) is 3.01. The summed E-state index contributed by atoms with van der Waals surface area (Å²) in [5, 5.41) is 10.9. The largest absolute Gasteiger partial charge is 0.394 e. The first-order valence-electron chi connectivity index (χ1n) is 4.72. The quantitative estimate of drug-likeness (QED) is 0.580. The van der Waals surface area contributed by atoms with Crippen LogP contribution in [-0.2, 0) is 4.74 Å². The fourth-order valence-electron chi connectivity index (χ4n) is 1.11. The van der Waals surface area contributed by atoms with Gasteiger partial charge < -0.3 is 15.2 Å². The van der Waals surface area contributed by atoms with E-state index in [1.54, 1.807) is 0 Å². The number of anilines is 1. The standard InChI is InChI=1S/C10H12F3NO2/c11-7-5-8(12)10(13)9(6-7)14-1-3-16-4-2-15/h5-6,14-15H,1-4H2. The molecule has 0 amide bonds. The molecule has 0 aliphatic carbocycles. The van der Waals surface area contributed by atoms with E-state index in [1.165, 1.54) is 0 Å². The smallest absolute Gasteiger partial charge is 0.182 e. The van der Waals surface area contributed by atoms with E-state index in [4.69, 9.17) is 9.84 Å². The summed E-state index contributed by atoms with van der Waals surface area (Å²) in [7, 11) is 0. The number of nitrogens with one attached hydrogen (secondary N) is 1. The van der Waals surface area contributed by atoms with E-state index in [0.717, 1.165) is 6.07 Å². The number of rotatable bonds is 6. The van der Waals surface area contributed by atoms with Crippen LogP contribution >= 0.6 is 0 Å². The summed E-state index contributed by atoms with van der Waals surface area (Å²) in [6.07, 6.45) is 0. The van der Waals surface area contributed by atoms with Crippen LogP contribution < -0.4 is 5.32 Å². The van der Waals surface area contributed by atoms with Crippen molar-refractivity contribution in [2.75, 3.05) is 31.7 Å². The number of hydrogen-bond acceptors (Lipinski definition) is 3. The molecule has 0 heterocycles. The number of aliphatic hydroxyl groups excluding tert-OH is 1. The van der Waals surface area contributed by atoms with E-state index in [0.29, 0.717) is 6.07 Å².